The number of rotatable bonds is 7. The predicted octanol–water partition coefficient (Wildman–Crippen LogP) is 4.67. The van der Waals surface area contributed by atoms with Gasteiger partial charge in [-0.05, 0) is 24.3 Å². The number of benzene rings is 2. The van der Waals surface area contributed by atoms with E-state index < -0.39 is 24.8 Å². The zero-order valence-corrected chi connectivity index (χ0v) is 12.5. The van der Waals surface area contributed by atoms with Crippen LogP contribution in [0, 0.1) is 0 Å². The molecule has 0 bridgehead atoms. The molecular weight excluding hydrogens is 344 g/mol. The topological polar surface area (TPSA) is 55.8 Å². The normalized spacial score (nSPS) is 11.7. The summed E-state index contributed by atoms with van der Waals surface area (Å²) in [4.78, 5) is 12.1. The van der Waals surface area contributed by atoms with Gasteiger partial charge in [-0.25, -0.2) is 0 Å². The molecule has 0 radical (unpaired) electrons. The van der Waals surface area contributed by atoms with E-state index >= 15 is 0 Å². The molecule has 0 heterocycles. The maximum absolute atomic E-state index is 12.2. The van der Waals surface area contributed by atoms with Crippen molar-refractivity contribution >= 4 is 11.5 Å². The van der Waals surface area contributed by atoms with Crippen LogP contribution < -0.4 is 9.47 Å². The second-order valence-corrected chi connectivity index (χ2v) is 4.71. The first kappa shape index (κ1) is 18.3. The Hall–Kier alpha value is -3.03. The quantitative estimate of drug-likeness (QED) is 0.339. The molecule has 25 heavy (non-hydrogen) atoms. The molecule has 2 aromatic carbocycles. The highest BCUT2D eigenvalue weighted by Crippen LogP contribution is 2.22. The van der Waals surface area contributed by atoms with Gasteiger partial charge in [0, 0.05) is 17.2 Å². The van der Waals surface area contributed by atoms with Crippen LogP contribution in [-0.4, -0.2) is 24.1 Å². The summed E-state index contributed by atoms with van der Waals surface area (Å²) in [6, 6.07) is 10.2. The SMILES string of the molecule is O=C(C=C(O)c1cccc(OC(F)F)c1)c1cccc(OC(F)F)c1. The maximum Gasteiger partial charge on any atom is 0.387 e. The smallest absolute Gasteiger partial charge is 0.387 e. The van der Waals surface area contributed by atoms with Crippen LogP contribution in [0.4, 0.5) is 17.6 Å². The fourth-order valence-corrected chi connectivity index (χ4v) is 1.95. The highest BCUT2D eigenvalue weighted by molar-refractivity contribution is 6.08. The fraction of sp³-hybridized carbons (Fsp3) is 0.118. The van der Waals surface area contributed by atoms with E-state index in [1.807, 2.05) is 0 Å². The van der Waals surface area contributed by atoms with Gasteiger partial charge in [-0.3, -0.25) is 4.79 Å². The Labute approximate surface area is 139 Å². The van der Waals surface area contributed by atoms with Gasteiger partial charge in [-0.1, -0.05) is 24.3 Å². The van der Waals surface area contributed by atoms with Crippen molar-refractivity contribution in [3.8, 4) is 11.5 Å². The molecule has 2 aromatic rings. The van der Waals surface area contributed by atoms with Crippen molar-refractivity contribution in [1.82, 2.24) is 0 Å². The lowest BCUT2D eigenvalue weighted by atomic mass is 10.1. The van der Waals surface area contributed by atoms with Crippen LogP contribution >= 0.6 is 0 Å². The standard InChI is InChI=1S/C17H12F4O4/c18-16(19)24-12-5-1-3-10(7-12)14(22)9-15(23)11-4-2-6-13(8-11)25-17(20)21/h1-9,16-17,22H. The number of carbonyl (C=O) groups excluding carboxylic acids is 1. The number of allylic oxidation sites excluding steroid dienone is 1. The zero-order chi connectivity index (χ0) is 18.4. The van der Waals surface area contributed by atoms with Crippen molar-refractivity contribution in [3.63, 3.8) is 0 Å². The van der Waals surface area contributed by atoms with Crippen molar-refractivity contribution in [3.05, 3.63) is 65.7 Å². The van der Waals surface area contributed by atoms with Crippen LogP contribution in [-0.2, 0) is 0 Å². The van der Waals surface area contributed by atoms with Crippen LogP contribution in [0.3, 0.4) is 0 Å². The largest absolute Gasteiger partial charge is 0.507 e. The van der Waals surface area contributed by atoms with Gasteiger partial charge < -0.3 is 14.6 Å². The second-order valence-electron chi connectivity index (χ2n) is 4.71. The maximum atomic E-state index is 12.2. The lowest BCUT2D eigenvalue weighted by Gasteiger charge is -2.07. The Morgan fingerprint density at radius 3 is 1.88 bits per heavy atom. The van der Waals surface area contributed by atoms with Gasteiger partial charge in [0.1, 0.15) is 17.3 Å². The monoisotopic (exact) mass is 356 g/mol. The lowest BCUT2D eigenvalue weighted by molar-refractivity contribution is -0.0505. The molecule has 0 saturated carbocycles. The summed E-state index contributed by atoms with van der Waals surface area (Å²) in [5, 5.41) is 9.97. The first-order valence-corrected chi connectivity index (χ1v) is 6.90. The average Bonchev–Trinajstić information content (AvgIpc) is 2.54. The van der Waals surface area contributed by atoms with E-state index in [1.165, 1.54) is 36.4 Å². The minimum absolute atomic E-state index is 0.00434. The Balaban J connectivity index is 2.20. The zero-order valence-electron chi connectivity index (χ0n) is 12.5. The van der Waals surface area contributed by atoms with Gasteiger partial charge in [-0.15, -0.1) is 0 Å². The van der Waals surface area contributed by atoms with Crippen molar-refractivity contribution in [2.45, 2.75) is 13.2 Å². The van der Waals surface area contributed by atoms with Crippen LogP contribution in [0.1, 0.15) is 15.9 Å². The van der Waals surface area contributed by atoms with Crippen molar-refractivity contribution in [2.75, 3.05) is 0 Å². The molecule has 4 nitrogen and oxygen atoms in total. The van der Waals surface area contributed by atoms with E-state index in [1.54, 1.807) is 0 Å². The van der Waals surface area contributed by atoms with E-state index in [9.17, 15) is 27.5 Å². The summed E-state index contributed by atoms with van der Waals surface area (Å²) < 4.78 is 57.2. The number of halogens is 4. The highest BCUT2D eigenvalue weighted by Gasteiger charge is 2.11. The summed E-state index contributed by atoms with van der Waals surface area (Å²) in [6.45, 7) is -6.06. The van der Waals surface area contributed by atoms with E-state index in [0.29, 0.717) is 0 Å². The number of ether oxygens (including phenoxy) is 2. The molecule has 0 aliphatic heterocycles. The van der Waals surface area contributed by atoms with Crippen molar-refractivity contribution in [1.29, 1.82) is 0 Å². The van der Waals surface area contributed by atoms with Gasteiger partial charge in [0.15, 0.2) is 5.78 Å². The number of alkyl halides is 4. The van der Waals surface area contributed by atoms with E-state index in [4.69, 9.17) is 0 Å². The fourth-order valence-electron chi connectivity index (χ4n) is 1.95. The molecule has 0 aliphatic carbocycles. The third-order valence-electron chi connectivity index (χ3n) is 2.97. The molecule has 1 N–H and O–H groups in total. The van der Waals surface area contributed by atoms with Gasteiger partial charge in [0.05, 0.1) is 0 Å². The van der Waals surface area contributed by atoms with Crippen LogP contribution in [0.2, 0.25) is 0 Å². The Morgan fingerprint density at radius 2 is 1.36 bits per heavy atom. The van der Waals surface area contributed by atoms with Crippen LogP contribution in [0.15, 0.2) is 54.6 Å². The molecule has 132 valence electrons. The van der Waals surface area contributed by atoms with Gasteiger partial charge >= 0.3 is 13.2 Å². The third kappa shape index (κ3) is 5.52. The Morgan fingerprint density at radius 1 is 0.880 bits per heavy atom. The van der Waals surface area contributed by atoms with Gasteiger partial charge in [-0.2, -0.15) is 17.6 Å². The molecule has 0 saturated heterocycles. The van der Waals surface area contributed by atoms with Crippen molar-refractivity contribution < 1.29 is 36.9 Å². The summed E-state index contributed by atoms with van der Waals surface area (Å²) >= 11 is 0. The molecule has 0 aliphatic rings. The minimum atomic E-state index is -3.04. The van der Waals surface area contributed by atoms with Gasteiger partial charge in [0.25, 0.3) is 0 Å². The number of hydrogen-bond donors (Lipinski definition) is 1. The Bertz CT molecular complexity index is 775. The number of aliphatic hydroxyl groups excluding tert-OH is 1. The number of carbonyl (C=O) groups is 1. The summed E-state index contributed by atoms with van der Waals surface area (Å²) in [7, 11) is 0. The van der Waals surface area contributed by atoms with Gasteiger partial charge in [0.2, 0.25) is 0 Å². The minimum Gasteiger partial charge on any atom is -0.507 e. The molecule has 0 aromatic heterocycles. The third-order valence-corrected chi connectivity index (χ3v) is 2.97. The van der Waals surface area contributed by atoms with Crippen LogP contribution in [0.25, 0.3) is 5.76 Å². The number of aliphatic hydroxyl groups is 1. The summed E-state index contributed by atoms with van der Waals surface area (Å²) in [5.41, 5.74) is 0.0798. The molecule has 0 spiro atoms. The predicted molar refractivity (Wildman–Crippen MR) is 81.1 cm³/mol. The average molecular weight is 356 g/mol. The number of hydrogen-bond acceptors (Lipinski definition) is 4. The molecule has 0 atom stereocenters. The van der Waals surface area contributed by atoms with E-state index in [-0.39, 0.29) is 22.6 Å². The highest BCUT2D eigenvalue weighted by atomic mass is 19.3. The molecule has 0 fully saturated rings. The molecule has 2 rings (SSSR count). The van der Waals surface area contributed by atoms with E-state index in [0.717, 1.165) is 18.2 Å². The van der Waals surface area contributed by atoms with E-state index in [2.05, 4.69) is 9.47 Å². The van der Waals surface area contributed by atoms with Crippen LogP contribution in [0.5, 0.6) is 11.5 Å². The molecule has 0 amide bonds. The molecule has 0 unspecified atom stereocenters. The van der Waals surface area contributed by atoms with Crippen molar-refractivity contribution in [2.24, 2.45) is 0 Å². The first-order valence-electron chi connectivity index (χ1n) is 6.90. The Kier molecular flexibility index (Phi) is 5.99. The lowest BCUT2D eigenvalue weighted by Crippen LogP contribution is -2.03. The first-order chi connectivity index (χ1) is 11.8. The summed E-state index contributed by atoms with van der Waals surface area (Å²) in [5.74, 6) is -1.57. The summed E-state index contributed by atoms with van der Waals surface area (Å²) in [6.07, 6.45) is 0.836. The number of ketones is 1. The molecular formula is C17H12F4O4. The molecule has 8 heteroatoms. The second kappa shape index (κ2) is 8.18.